The van der Waals surface area contributed by atoms with E-state index in [9.17, 15) is 13.2 Å². The molecule has 20 heavy (non-hydrogen) atoms. The Morgan fingerprint density at radius 2 is 1.80 bits per heavy atom. The van der Waals surface area contributed by atoms with Crippen molar-refractivity contribution in [3.05, 3.63) is 35.8 Å². The molecule has 6 nitrogen and oxygen atoms in total. The number of benzene rings is 1. The number of rotatable bonds is 2. The molecule has 2 heterocycles. The predicted octanol–water partition coefficient (Wildman–Crippen LogP) is 2.10. The fourth-order valence-corrected chi connectivity index (χ4v) is 1.71. The molecule has 0 bridgehead atoms. The molecule has 3 rings (SSSR count). The van der Waals surface area contributed by atoms with Crippen LogP contribution >= 0.6 is 0 Å². The summed E-state index contributed by atoms with van der Waals surface area (Å²) >= 11 is 0. The van der Waals surface area contributed by atoms with Crippen molar-refractivity contribution in [1.29, 1.82) is 0 Å². The summed E-state index contributed by atoms with van der Waals surface area (Å²) in [6, 6.07) is 1.62. The summed E-state index contributed by atoms with van der Waals surface area (Å²) < 4.78 is 39.2. The van der Waals surface area contributed by atoms with Gasteiger partial charge in [-0.2, -0.15) is 15.1 Å². The molecule has 0 aliphatic heterocycles. The first-order valence-electron chi connectivity index (χ1n) is 5.43. The SMILES string of the molecule is Nc1nc(Nc2cc(F)c(F)c(F)c2)c2cn[nH]c2n1. The van der Waals surface area contributed by atoms with E-state index in [2.05, 4.69) is 25.5 Å². The fraction of sp³-hybridized carbons (Fsp3) is 0. The van der Waals surface area contributed by atoms with Gasteiger partial charge in [-0.3, -0.25) is 5.10 Å². The summed E-state index contributed by atoms with van der Waals surface area (Å²) in [5.74, 6) is -4.00. The number of aromatic nitrogens is 4. The lowest BCUT2D eigenvalue weighted by Crippen LogP contribution is -2.02. The highest BCUT2D eigenvalue weighted by Gasteiger charge is 2.13. The van der Waals surface area contributed by atoms with Crippen LogP contribution in [0.1, 0.15) is 0 Å². The minimum Gasteiger partial charge on any atom is -0.368 e. The zero-order valence-corrected chi connectivity index (χ0v) is 9.78. The summed E-state index contributed by atoms with van der Waals surface area (Å²) in [7, 11) is 0. The summed E-state index contributed by atoms with van der Waals surface area (Å²) in [5, 5.41) is 9.47. The summed E-state index contributed by atoms with van der Waals surface area (Å²) in [6.45, 7) is 0. The first kappa shape index (κ1) is 12.2. The molecule has 1 aromatic carbocycles. The second-order valence-corrected chi connectivity index (χ2v) is 3.94. The number of nitrogens with zero attached hydrogens (tertiary/aromatic N) is 3. The van der Waals surface area contributed by atoms with Gasteiger partial charge in [0.2, 0.25) is 5.95 Å². The van der Waals surface area contributed by atoms with Gasteiger partial charge in [0.05, 0.1) is 11.6 Å². The lowest BCUT2D eigenvalue weighted by atomic mass is 10.2. The molecule has 3 aromatic rings. The maximum absolute atomic E-state index is 13.1. The van der Waals surface area contributed by atoms with Crippen molar-refractivity contribution in [3.63, 3.8) is 0 Å². The number of halogens is 3. The van der Waals surface area contributed by atoms with E-state index < -0.39 is 17.5 Å². The van der Waals surface area contributed by atoms with E-state index in [0.29, 0.717) is 11.0 Å². The van der Waals surface area contributed by atoms with E-state index in [0.717, 1.165) is 12.1 Å². The highest BCUT2D eigenvalue weighted by molar-refractivity contribution is 5.88. The van der Waals surface area contributed by atoms with Crippen LogP contribution in [0, 0.1) is 17.5 Å². The molecule has 0 fully saturated rings. The molecule has 102 valence electrons. The first-order chi connectivity index (χ1) is 9.54. The molecule has 0 amide bonds. The van der Waals surface area contributed by atoms with Gasteiger partial charge >= 0.3 is 0 Å². The Morgan fingerprint density at radius 3 is 2.50 bits per heavy atom. The molecule has 0 saturated heterocycles. The zero-order chi connectivity index (χ0) is 14.3. The number of nitrogens with one attached hydrogen (secondary N) is 2. The van der Waals surface area contributed by atoms with Gasteiger partial charge in [0.25, 0.3) is 0 Å². The normalized spacial score (nSPS) is 10.9. The number of aromatic amines is 1. The third kappa shape index (κ3) is 1.98. The second kappa shape index (κ2) is 4.37. The van der Waals surface area contributed by atoms with Crippen LogP contribution in [0.4, 0.5) is 30.6 Å². The predicted molar refractivity (Wildman–Crippen MR) is 65.7 cm³/mol. The van der Waals surface area contributed by atoms with Gasteiger partial charge in [0, 0.05) is 17.8 Å². The molecule has 0 radical (unpaired) electrons. The Hall–Kier alpha value is -2.84. The quantitative estimate of drug-likeness (QED) is 0.625. The van der Waals surface area contributed by atoms with Gasteiger partial charge in [0.1, 0.15) is 5.82 Å². The first-order valence-corrected chi connectivity index (χ1v) is 5.43. The third-order valence-corrected chi connectivity index (χ3v) is 2.57. The van der Waals surface area contributed by atoms with E-state index in [1.165, 1.54) is 6.20 Å². The number of fused-ring (bicyclic) bond motifs is 1. The molecule has 0 aliphatic rings. The van der Waals surface area contributed by atoms with Crippen LogP contribution in [0.25, 0.3) is 11.0 Å². The van der Waals surface area contributed by atoms with Crippen LogP contribution in [0.3, 0.4) is 0 Å². The summed E-state index contributed by atoms with van der Waals surface area (Å²) in [4.78, 5) is 7.80. The van der Waals surface area contributed by atoms with E-state index in [4.69, 9.17) is 5.73 Å². The average molecular weight is 280 g/mol. The van der Waals surface area contributed by atoms with Crippen LogP contribution in [0.2, 0.25) is 0 Å². The van der Waals surface area contributed by atoms with Crippen molar-refractivity contribution < 1.29 is 13.2 Å². The number of H-pyrrole nitrogens is 1. The van der Waals surface area contributed by atoms with Gasteiger partial charge in [0.15, 0.2) is 23.1 Å². The Labute approximate surface area is 109 Å². The maximum Gasteiger partial charge on any atom is 0.224 e. The monoisotopic (exact) mass is 280 g/mol. The molecular weight excluding hydrogens is 273 g/mol. The minimum absolute atomic E-state index is 0.0120. The van der Waals surface area contributed by atoms with Gasteiger partial charge in [-0.15, -0.1) is 0 Å². The number of nitrogen functional groups attached to an aromatic ring is 1. The van der Waals surface area contributed by atoms with Gasteiger partial charge in [-0.1, -0.05) is 0 Å². The zero-order valence-electron chi connectivity index (χ0n) is 9.78. The number of anilines is 3. The number of nitrogens with two attached hydrogens (primary N) is 1. The van der Waals surface area contributed by atoms with Gasteiger partial charge < -0.3 is 11.1 Å². The number of hydrogen-bond donors (Lipinski definition) is 3. The fourth-order valence-electron chi connectivity index (χ4n) is 1.71. The maximum atomic E-state index is 13.1. The average Bonchev–Trinajstić information content (AvgIpc) is 2.84. The van der Waals surface area contributed by atoms with Crippen molar-refractivity contribution >= 4 is 28.5 Å². The molecule has 0 atom stereocenters. The van der Waals surface area contributed by atoms with Crippen LogP contribution < -0.4 is 11.1 Å². The largest absolute Gasteiger partial charge is 0.368 e. The van der Waals surface area contributed by atoms with Gasteiger partial charge in [-0.05, 0) is 0 Å². The Morgan fingerprint density at radius 1 is 1.10 bits per heavy atom. The van der Waals surface area contributed by atoms with Gasteiger partial charge in [-0.25, -0.2) is 13.2 Å². The van der Waals surface area contributed by atoms with Crippen molar-refractivity contribution in [3.8, 4) is 0 Å². The Kier molecular flexibility index (Phi) is 2.67. The minimum atomic E-state index is -1.54. The molecule has 4 N–H and O–H groups in total. The standard InChI is InChI=1S/C11H7F3N6/c12-6-1-4(2-7(13)8(6)14)17-9-5-3-16-20-10(5)19-11(15)18-9/h1-3H,(H4,15,16,17,18,19,20). The molecular formula is C11H7F3N6. The van der Waals surface area contributed by atoms with E-state index >= 15 is 0 Å². The summed E-state index contributed by atoms with van der Waals surface area (Å²) in [5.41, 5.74) is 5.86. The lowest BCUT2D eigenvalue weighted by Gasteiger charge is -2.08. The lowest BCUT2D eigenvalue weighted by molar-refractivity contribution is 0.448. The molecule has 0 aliphatic carbocycles. The topological polar surface area (TPSA) is 92.5 Å². The second-order valence-electron chi connectivity index (χ2n) is 3.94. The third-order valence-electron chi connectivity index (χ3n) is 2.57. The summed E-state index contributed by atoms with van der Waals surface area (Å²) in [6.07, 6.45) is 1.42. The molecule has 0 saturated carbocycles. The highest BCUT2D eigenvalue weighted by Crippen LogP contribution is 2.25. The van der Waals surface area contributed by atoms with Crippen LogP contribution in [0.15, 0.2) is 18.3 Å². The van der Waals surface area contributed by atoms with Crippen LogP contribution in [-0.2, 0) is 0 Å². The van der Waals surface area contributed by atoms with E-state index in [1.807, 2.05) is 0 Å². The molecule has 2 aromatic heterocycles. The van der Waals surface area contributed by atoms with Crippen molar-refractivity contribution in [2.45, 2.75) is 0 Å². The molecule has 9 heteroatoms. The van der Waals surface area contributed by atoms with Crippen LogP contribution in [0.5, 0.6) is 0 Å². The van der Waals surface area contributed by atoms with Crippen molar-refractivity contribution in [2.24, 2.45) is 0 Å². The van der Waals surface area contributed by atoms with Crippen molar-refractivity contribution in [2.75, 3.05) is 11.1 Å². The molecule has 0 unspecified atom stereocenters. The smallest absolute Gasteiger partial charge is 0.224 e. The van der Waals surface area contributed by atoms with Crippen LogP contribution in [-0.4, -0.2) is 20.2 Å². The van der Waals surface area contributed by atoms with Crippen molar-refractivity contribution in [1.82, 2.24) is 20.2 Å². The molecule has 0 spiro atoms. The van der Waals surface area contributed by atoms with E-state index in [1.54, 1.807) is 0 Å². The Bertz CT molecular complexity index is 777. The van der Waals surface area contributed by atoms with E-state index in [-0.39, 0.29) is 17.5 Å². The number of hydrogen-bond acceptors (Lipinski definition) is 5. The highest BCUT2D eigenvalue weighted by atomic mass is 19.2. The Balaban J connectivity index is 2.07.